The predicted octanol–water partition coefficient (Wildman–Crippen LogP) is 6.89. The van der Waals surface area contributed by atoms with E-state index in [9.17, 15) is 0 Å². The average Bonchev–Trinajstić information content (AvgIpc) is 3.31. The van der Waals surface area contributed by atoms with Crippen molar-refractivity contribution in [2.45, 2.75) is 19.8 Å². The standard InChI is InChI=1S/C25H18S2/c1-18(2)20-10-7-19(8-11-20)9-12-22-13-14-23(26-22)15-16-24-17-21-5-3-4-6-25(21)27-24/h3-8,10-11,13-14,17-18H,1-2H3. The Morgan fingerprint density at radius 1 is 0.667 bits per heavy atom. The van der Waals surface area contributed by atoms with Gasteiger partial charge in [0.15, 0.2) is 0 Å². The van der Waals surface area contributed by atoms with Crippen LogP contribution < -0.4 is 0 Å². The highest BCUT2D eigenvalue weighted by Gasteiger charge is 1.99. The largest absolute Gasteiger partial charge is 0.127 e. The summed E-state index contributed by atoms with van der Waals surface area (Å²) in [5.41, 5.74) is 2.39. The van der Waals surface area contributed by atoms with E-state index < -0.39 is 0 Å². The van der Waals surface area contributed by atoms with Crippen molar-refractivity contribution >= 4 is 32.8 Å². The van der Waals surface area contributed by atoms with Crippen LogP contribution in [-0.2, 0) is 0 Å². The van der Waals surface area contributed by atoms with E-state index in [0.717, 1.165) is 20.2 Å². The number of rotatable bonds is 1. The van der Waals surface area contributed by atoms with Gasteiger partial charge in [0, 0.05) is 10.3 Å². The van der Waals surface area contributed by atoms with Crippen LogP contribution in [0.5, 0.6) is 0 Å². The minimum atomic E-state index is 0.548. The Hall–Kier alpha value is -2.78. The zero-order chi connectivity index (χ0) is 18.6. The van der Waals surface area contributed by atoms with Crippen LogP contribution in [0.4, 0.5) is 0 Å². The van der Waals surface area contributed by atoms with Gasteiger partial charge < -0.3 is 0 Å². The third-order valence-electron chi connectivity index (χ3n) is 4.25. The van der Waals surface area contributed by atoms with E-state index in [1.54, 1.807) is 22.7 Å². The van der Waals surface area contributed by atoms with Gasteiger partial charge in [-0.05, 0) is 65.1 Å². The average molecular weight is 383 g/mol. The lowest BCUT2D eigenvalue weighted by molar-refractivity contribution is 0.866. The van der Waals surface area contributed by atoms with Gasteiger partial charge in [-0.2, -0.15) is 0 Å². The molecule has 2 aromatic heterocycles. The molecule has 0 saturated heterocycles. The first-order valence-corrected chi connectivity index (χ1v) is 10.5. The van der Waals surface area contributed by atoms with Crippen molar-refractivity contribution in [2.75, 3.05) is 0 Å². The third-order valence-corrected chi connectivity index (χ3v) is 6.20. The number of thiophene rings is 2. The van der Waals surface area contributed by atoms with E-state index >= 15 is 0 Å². The summed E-state index contributed by atoms with van der Waals surface area (Å²) in [6, 6.07) is 23.2. The highest BCUT2D eigenvalue weighted by molar-refractivity contribution is 7.19. The van der Waals surface area contributed by atoms with Crippen molar-refractivity contribution in [1.29, 1.82) is 0 Å². The van der Waals surface area contributed by atoms with Gasteiger partial charge in [-0.1, -0.05) is 56.0 Å². The Morgan fingerprint density at radius 2 is 1.33 bits per heavy atom. The molecular weight excluding hydrogens is 364 g/mol. The molecule has 0 aliphatic carbocycles. The van der Waals surface area contributed by atoms with E-state index in [1.165, 1.54) is 15.6 Å². The Labute approximate surface area is 168 Å². The molecule has 4 aromatic rings. The fourth-order valence-corrected chi connectivity index (χ4v) is 4.35. The maximum absolute atomic E-state index is 3.29. The second-order valence-electron chi connectivity index (χ2n) is 6.59. The maximum Gasteiger partial charge on any atom is 0.0785 e. The Bertz CT molecular complexity index is 1160. The van der Waals surface area contributed by atoms with Crippen molar-refractivity contribution in [2.24, 2.45) is 0 Å². The lowest BCUT2D eigenvalue weighted by Crippen LogP contribution is -1.86. The van der Waals surface area contributed by atoms with Crippen LogP contribution in [0, 0.1) is 23.7 Å². The van der Waals surface area contributed by atoms with E-state index in [2.05, 4.69) is 104 Å². The first-order chi connectivity index (χ1) is 13.2. The van der Waals surface area contributed by atoms with Crippen LogP contribution in [0.2, 0.25) is 0 Å². The van der Waals surface area contributed by atoms with Gasteiger partial charge in [-0.15, -0.1) is 22.7 Å². The van der Waals surface area contributed by atoms with Gasteiger partial charge in [0.2, 0.25) is 0 Å². The molecule has 0 N–H and O–H groups in total. The molecule has 0 atom stereocenters. The fourth-order valence-electron chi connectivity index (χ4n) is 2.72. The third kappa shape index (κ3) is 4.32. The maximum atomic E-state index is 3.29. The van der Waals surface area contributed by atoms with Crippen LogP contribution in [0.25, 0.3) is 10.1 Å². The van der Waals surface area contributed by atoms with Gasteiger partial charge >= 0.3 is 0 Å². The summed E-state index contributed by atoms with van der Waals surface area (Å²) in [7, 11) is 0. The highest BCUT2D eigenvalue weighted by atomic mass is 32.1. The molecular formula is C25H18S2. The van der Waals surface area contributed by atoms with Gasteiger partial charge in [0.05, 0.1) is 14.6 Å². The molecule has 0 saturated carbocycles. The highest BCUT2D eigenvalue weighted by Crippen LogP contribution is 2.24. The topological polar surface area (TPSA) is 0 Å². The molecule has 0 unspecified atom stereocenters. The monoisotopic (exact) mass is 382 g/mol. The summed E-state index contributed by atoms with van der Waals surface area (Å²) >= 11 is 3.38. The number of fused-ring (bicyclic) bond motifs is 1. The normalized spacial score (nSPS) is 10.3. The van der Waals surface area contributed by atoms with Gasteiger partial charge in [-0.25, -0.2) is 0 Å². The Balaban J connectivity index is 1.49. The minimum Gasteiger partial charge on any atom is -0.127 e. The second kappa shape index (κ2) is 7.85. The van der Waals surface area contributed by atoms with Crippen LogP contribution in [0.15, 0.2) is 66.7 Å². The SMILES string of the molecule is CC(C)c1ccc(C#Cc2ccc(C#Cc3cc4ccccc4s3)s2)cc1. The quantitative estimate of drug-likeness (QED) is 0.315. The molecule has 130 valence electrons. The smallest absolute Gasteiger partial charge is 0.0785 e. The lowest BCUT2D eigenvalue weighted by Gasteiger charge is -2.03. The van der Waals surface area contributed by atoms with Crippen molar-refractivity contribution in [1.82, 2.24) is 0 Å². The molecule has 0 fully saturated rings. The van der Waals surface area contributed by atoms with Crippen molar-refractivity contribution < 1.29 is 0 Å². The summed E-state index contributed by atoms with van der Waals surface area (Å²) in [5.74, 6) is 13.6. The molecule has 0 amide bonds. The molecule has 0 radical (unpaired) electrons. The zero-order valence-electron chi connectivity index (χ0n) is 15.2. The molecule has 0 spiro atoms. The van der Waals surface area contributed by atoms with Crippen LogP contribution >= 0.6 is 22.7 Å². The molecule has 2 heteroatoms. The van der Waals surface area contributed by atoms with Gasteiger partial charge in [-0.3, -0.25) is 0 Å². The Morgan fingerprint density at radius 3 is 2.04 bits per heavy atom. The molecule has 0 nitrogen and oxygen atoms in total. The molecule has 27 heavy (non-hydrogen) atoms. The van der Waals surface area contributed by atoms with Crippen LogP contribution in [0.1, 0.15) is 45.5 Å². The van der Waals surface area contributed by atoms with Gasteiger partial charge in [0.1, 0.15) is 0 Å². The van der Waals surface area contributed by atoms with Crippen LogP contribution in [-0.4, -0.2) is 0 Å². The van der Waals surface area contributed by atoms with Crippen molar-refractivity contribution in [3.8, 4) is 23.7 Å². The Kier molecular flexibility index (Phi) is 5.12. The minimum absolute atomic E-state index is 0.548. The molecule has 0 bridgehead atoms. The second-order valence-corrected chi connectivity index (χ2v) is 8.76. The van der Waals surface area contributed by atoms with E-state index in [1.807, 2.05) is 0 Å². The summed E-state index contributed by atoms with van der Waals surface area (Å²) < 4.78 is 1.28. The number of hydrogen-bond donors (Lipinski definition) is 0. The molecule has 4 rings (SSSR count). The zero-order valence-corrected chi connectivity index (χ0v) is 16.9. The summed E-state index contributed by atoms with van der Waals surface area (Å²) in [5, 5.41) is 1.26. The van der Waals surface area contributed by atoms with E-state index in [0.29, 0.717) is 5.92 Å². The fraction of sp³-hybridized carbons (Fsp3) is 0.120. The number of hydrogen-bond acceptors (Lipinski definition) is 2. The molecule has 2 aromatic carbocycles. The predicted molar refractivity (Wildman–Crippen MR) is 119 cm³/mol. The van der Waals surface area contributed by atoms with E-state index in [-0.39, 0.29) is 0 Å². The van der Waals surface area contributed by atoms with Crippen LogP contribution in [0.3, 0.4) is 0 Å². The molecule has 0 aliphatic rings. The van der Waals surface area contributed by atoms with E-state index in [4.69, 9.17) is 0 Å². The summed E-state index contributed by atoms with van der Waals surface area (Å²) in [6.07, 6.45) is 0. The molecule has 2 heterocycles. The first-order valence-electron chi connectivity index (χ1n) is 8.90. The van der Waals surface area contributed by atoms with Crippen molar-refractivity contribution in [3.05, 3.63) is 92.5 Å². The van der Waals surface area contributed by atoms with Gasteiger partial charge in [0.25, 0.3) is 0 Å². The summed E-state index contributed by atoms with van der Waals surface area (Å²) in [6.45, 7) is 4.40. The number of benzene rings is 2. The first kappa shape index (κ1) is 17.6. The van der Waals surface area contributed by atoms with Crippen molar-refractivity contribution in [3.63, 3.8) is 0 Å². The summed E-state index contributed by atoms with van der Waals surface area (Å²) in [4.78, 5) is 3.19. The molecule has 0 aliphatic heterocycles. The lowest BCUT2D eigenvalue weighted by atomic mass is 10.0.